The Labute approximate surface area is 227 Å². The van der Waals surface area contributed by atoms with Crippen molar-refractivity contribution in [2.45, 2.75) is 51.5 Å². The van der Waals surface area contributed by atoms with Gasteiger partial charge >= 0.3 is 5.97 Å². The molecule has 0 bridgehead atoms. The number of aryl methyl sites for hydroxylation is 1. The number of thiocarbonyl (C=S) groups is 1. The van der Waals surface area contributed by atoms with E-state index < -0.39 is 18.4 Å². The molecule has 2 aliphatic heterocycles. The smallest absolute Gasteiger partial charge is 0.323 e. The normalized spacial score (nSPS) is 18.6. The number of aromatic nitrogens is 1. The van der Waals surface area contributed by atoms with Gasteiger partial charge in [0.25, 0.3) is 11.5 Å². The van der Waals surface area contributed by atoms with Crippen LogP contribution in [0.25, 0.3) is 11.0 Å². The summed E-state index contributed by atoms with van der Waals surface area (Å²) in [6.07, 6.45) is 7.17. The Morgan fingerprint density at radius 2 is 1.86 bits per heavy atom. The van der Waals surface area contributed by atoms with Gasteiger partial charge in [-0.3, -0.25) is 23.9 Å². The molecule has 1 aromatic heterocycles. The van der Waals surface area contributed by atoms with Crippen molar-refractivity contribution in [2.24, 2.45) is 0 Å². The van der Waals surface area contributed by atoms with Crippen LogP contribution in [0.3, 0.4) is 0 Å². The number of anilines is 1. The molecule has 4 rings (SSSR count). The van der Waals surface area contributed by atoms with Crippen molar-refractivity contribution in [1.29, 1.82) is 0 Å². The van der Waals surface area contributed by atoms with E-state index in [1.54, 1.807) is 16.3 Å². The number of hydrogen-bond acceptors (Lipinski definition) is 8. The molecule has 190 valence electrons. The van der Waals surface area contributed by atoms with Gasteiger partial charge in [-0.05, 0) is 56.5 Å². The molecule has 2 aromatic rings. The van der Waals surface area contributed by atoms with Gasteiger partial charge in [0.15, 0.2) is 0 Å². The summed E-state index contributed by atoms with van der Waals surface area (Å²) >= 11 is 9.19. The second kappa shape index (κ2) is 11.4. The Morgan fingerprint density at radius 1 is 1.08 bits per heavy atom. The fourth-order valence-electron chi connectivity index (χ4n) is 4.07. The third-order valence-corrected chi connectivity index (χ3v) is 9.71. The van der Waals surface area contributed by atoms with E-state index in [1.807, 2.05) is 19.1 Å². The van der Waals surface area contributed by atoms with Crippen LogP contribution in [0.2, 0.25) is 0 Å². The SMILES string of the molecule is CCCCc1ccc2c(c1)N(CC)C(=CC=c1sc(=C3SC(=S)N(CC(=O)O)C3=O)n(CC)c1=O)S2. The summed E-state index contributed by atoms with van der Waals surface area (Å²) < 4.78 is 2.76. The molecule has 0 saturated carbocycles. The number of fused-ring (bicyclic) bond motifs is 1. The lowest BCUT2D eigenvalue weighted by atomic mass is 10.1. The number of amides is 1. The van der Waals surface area contributed by atoms with Gasteiger partial charge in [0.1, 0.15) is 20.4 Å². The molecule has 1 N–H and O–H groups in total. The van der Waals surface area contributed by atoms with Gasteiger partial charge in [-0.25, -0.2) is 0 Å². The molecular weight excluding hydrogens is 535 g/mol. The van der Waals surface area contributed by atoms with E-state index in [4.69, 9.17) is 17.3 Å². The number of rotatable bonds is 8. The second-order valence-electron chi connectivity index (χ2n) is 8.23. The molecule has 0 aliphatic carbocycles. The van der Waals surface area contributed by atoms with Crippen molar-refractivity contribution in [1.82, 2.24) is 9.47 Å². The number of unbranched alkanes of at least 4 members (excludes halogenated alkanes) is 1. The highest BCUT2D eigenvalue weighted by Gasteiger charge is 2.35. The van der Waals surface area contributed by atoms with Crippen LogP contribution < -0.4 is 19.7 Å². The van der Waals surface area contributed by atoms with Gasteiger partial charge in [0.05, 0.1) is 15.2 Å². The van der Waals surface area contributed by atoms with Crippen LogP contribution in [-0.2, 0) is 22.6 Å². The number of nitrogens with zero attached hydrogens (tertiary/aromatic N) is 3. The Bertz CT molecular complexity index is 1440. The Hall–Kier alpha value is -2.34. The minimum atomic E-state index is -1.14. The first-order chi connectivity index (χ1) is 17.3. The summed E-state index contributed by atoms with van der Waals surface area (Å²) in [5.74, 6) is -1.61. The number of aliphatic carboxylic acids is 1. The number of carbonyl (C=O) groups is 2. The summed E-state index contributed by atoms with van der Waals surface area (Å²) in [6.45, 7) is 6.86. The van der Waals surface area contributed by atoms with Crippen LogP contribution in [0.1, 0.15) is 39.2 Å². The third-order valence-electron chi connectivity index (χ3n) is 5.87. The topological polar surface area (TPSA) is 82.8 Å². The van der Waals surface area contributed by atoms with E-state index in [-0.39, 0.29) is 9.88 Å². The molecule has 7 nitrogen and oxygen atoms in total. The van der Waals surface area contributed by atoms with Crippen LogP contribution in [0.15, 0.2) is 39.0 Å². The van der Waals surface area contributed by atoms with Gasteiger partial charge in [-0.15, -0.1) is 11.3 Å². The molecule has 11 heteroatoms. The van der Waals surface area contributed by atoms with Crippen LogP contribution in [0, 0.1) is 0 Å². The number of carboxylic acids is 1. The van der Waals surface area contributed by atoms with Crippen LogP contribution in [0.5, 0.6) is 0 Å². The highest BCUT2D eigenvalue weighted by atomic mass is 32.2. The zero-order chi connectivity index (χ0) is 26.0. The van der Waals surface area contributed by atoms with Crippen molar-refractivity contribution in [2.75, 3.05) is 18.0 Å². The Morgan fingerprint density at radius 3 is 2.53 bits per heavy atom. The number of thioether (sulfide) groups is 2. The van der Waals surface area contributed by atoms with E-state index in [1.165, 1.54) is 27.5 Å². The quantitative estimate of drug-likeness (QED) is 0.490. The average Bonchev–Trinajstić information content (AvgIpc) is 3.46. The number of hydrogen-bond donors (Lipinski definition) is 1. The molecule has 0 unspecified atom stereocenters. The zero-order valence-electron chi connectivity index (χ0n) is 20.3. The number of carbonyl (C=O) groups excluding carboxylic acids is 1. The van der Waals surface area contributed by atoms with Crippen LogP contribution in [-0.4, -0.2) is 43.9 Å². The molecule has 0 atom stereocenters. The molecule has 0 spiro atoms. The largest absolute Gasteiger partial charge is 0.480 e. The molecule has 1 fully saturated rings. The average molecular weight is 562 g/mol. The molecule has 1 saturated heterocycles. The second-order valence-corrected chi connectivity index (χ2v) is 12.0. The summed E-state index contributed by atoms with van der Waals surface area (Å²) in [5.41, 5.74) is 2.35. The maximum atomic E-state index is 13.2. The number of allylic oxidation sites excluding steroid dienone is 1. The van der Waals surface area contributed by atoms with Gasteiger partial charge in [-0.2, -0.15) is 0 Å². The van der Waals surface area contributed by atoms with Gasteiger partial charge in [0, 0.05) is 18.0 Å². The molecule has 3 heterocycles. The van der Waals surface area contributed by atoms with E-state index >= 15 is 0 Å². The molecule has 0 radical (unpaired) electrons. The van der Waals surface area contributed by atoms with E-state index in [2.05, 4.69) is 36.9 Å². The highest BCUT2D eigenvalue weighted by molar-refractivity contribution is 8.30. The first kappa shape index (κ1) is 26.7. The lowest BCUT2D eigenvalue weighted by Gasteiger charge is -2.18. The van der Waals surface area contributed by atoms with Crippen molar-refractivity contribution >= 4 is 79.9 Å². The lowest BCUT2D eigenvalue weighted by Crippen LogP contribution is -2.35. The standard InChI is InChI=1S/C25H27N3O4S4/c1-4-7-8-15-9-10-17-16(13-15)26(5-2)19(34-17)12-11-18-22(31)27(6-3)24(35-18)21-23(32)28(14-20(29)30)25(33)36-21/h9-13H,4-8,14H2,1-3H3,(H,29,30). The van der Waals surface area contributed by atoms with Gasteiger partial charge < -0.3 is 10.0 Å². The predicted molar refractivity (Wildman–Crippen MR) is 153 cm³/mol. The minimum Gasteiger partial charge on any atom is -0.480 e. The van der Waals surface area contributed by atoms with Gasteiger partial charge in [0.2, 0.25) is 0 Å². The Balaban J connectivity index is 1.72. The van der Waals surface area contributed by atoms with E-state index in [9.17, 15) is 14.4 Å². The van der Waals surface area contributed by atoms with Crippen molar-refractivity contribution < 1.29 is 14.7 Å². The maximum absolute atomic E-state index is 13.2. The first-order valence-electron chi connectivity index (χ1n) is 11.8. The van der Waals surface area contributed by atoms with Crippen molar-refractivity contribution in [3.8, 4) is 0 Å². The van der Waals surface area contributed by atoms with E-state index in [0.717, 1.165) is 47.5 Å². The Kier molecular flexibility index (Phi) is 8.44. The van der Waals surface area contributed by atoms with Crippen LogP contribution in [0.4, 0.5) is 5.69 Å². The predicted octanol–water partition coefficient (Wildman–Crippen LogP) is 3.58. The lowest BCUT2D eigenvalue weighted by molar-refractivity contribution is -0.140. The maximum Gasteiger partial charge on any atom is 0.323 e. The van der Waals surface area contributed by atoms with E-state index in [0.29, 0.717) is 20.6 Å². The monoisotopic (exact) mass is 561 g/mol. The molecule has 1 aromatic carbocycles. The minimum absolute atomic E-state index is 0.178. The number of carboxylic acid groups (broad SMARTS) is 1. The van der Waals surface area contributed by atoms with Gasteiger partial charge in [-0.1, -0.05) is 55.2 Å². The summed E-state index contributed by atoms with van der Waals surface area (Å²) in [5, 5.41) is 10.2. The van der Waals surface area contributed by atoms with Crippen molar-refractivity contribution in [3.63, 3.8) is 0 Å². The first-order valence-corrected chi connectivity index (χ1v) is 14.6. The summed E-state index contributed by atoms with van der Waals surface area (Å²) in [7, 11) is 0. The number of benzene rings is 1. The van der Waals surface area contributed by atoms with Crippen LogP contribution >= 0.6 is 47.1 Å². The zero-order valence-corrected chi connectivity index (χ0v) is 23.5. The highest BCUT2D eigenvalue weighted by Crippen LogP contribution is 2.46. The molecule has 36 heavy (non-hydrogen) atoms. The molecule has 1 amide bonds. The van der Waals surface area contributed by atoms with Crippen molar-refractivity contribution in [3.05, 3.63) is 54.4 Å². The number of thiazole rings is 1. The summed E-state index contributed by atoms with van der Waals surface area (Å²) in [6, 6.07) is 6.63. The summed E-state index contributed by atoms with van der Waals surface area (Å²) in [4.78, 5) is 42.0. The third kappa shape index (κ3) is 5.20. The molecular formula is C25H27N3O4S4. The fraction of sp³-hybridized carbons (Fsp3) is 0.360. The molecule has 2 aliphatic rings. The fourth-order valence-corrected chi connectivity index (χ4v) is 7.70.